The summed E-state index contributed by atoms with van der Waals surface area (Å²) in [6.45, 7) is 2.00. The van der Waals surface area contributed by atoms with E-state index in [9.17, 15) is 14.9 Å². The van der Waals surface area contributed by atoms with Crippen molar-refractivity contribution in [1.82, 2.24) is 0 Å². The van der Waals surface area contributed by atoms with Crippen LogP contribution in [0.1, 0.15) is 23.6 Å². The first kappa shape index (κ1) is 18.9. The van der Waals surface area contributed by atoms with E-state index in [0.29, 0.717) is 11.3 Å². The molecule has 0 N–H and O–H groups in total. The number of benzene rings is 2. The van der Waals surface area contributed by atoms with Crippen LogP contribution in [0.2, 0.25) is 0 Å². The molecule has 6 heteroatoms. The quantitative estimate of drug-likeness (QED) is 0.727. The Hall–Kier alpha value is -4.11. The number of amides is 1. The Labute approximate surface area is 179 Å². The number of hydrogen-bond donors (Lipinski definition) is 0. The molecule has 2 aromatic carbocycles. The lowest BCUT2D eigenvalue weighted by atomic mass is 9.78. The van der Waals surface area contributed by atoms with Gasteiger partial charge in [0.25, 0.3) is 5.91 Å². The summed E-state index contributed by atoms with van der Waals surface area (Å²) in [7, 11) is 1.58. The molecule has 2 atom stereocenters. The first-order chi connectivity index (χ1) is 15.0. The van der Waals surface area contributed by atoms with Crippen LogP contribution in [-0.2, 0) is 9.59 Å². The molecule has 3 aliphatic rings. The standard InChI is InChI=1S/C25H18N4O2/c1-14-11-18(16-9-6-10-17-22(16)21(14)20-13-27-28-23(17)20)24(30)19(12-26)25(31)29(2)15-7-4-3-5-8-15/h3-11,13-14,19H,1-2H3. The largest absolute Gasteiger partial charge is 0.314 e. The zero-order chi connectivity index (χ0) is 21.7. The number of fused-ring (bicyclic) bond motifs is 2. The van der Waals surface area contributed by atoms with Gasteiger partial charge < -0.3 is 4.90 Å². The molecule has 0 saturated heterocycles. The lowest BCUT2D eigenvalue weighted by Crippen LogP contribution is -2.37. The van der Waals surface area contributed by atoms with Crippen LogP contribution in [-0.4, -0.2) is 30.7 Å². The Morgan fingerprint density at radius 3 is 2.58 bits per heavy atom. The molecule has 31 heavy (non-hydrogen) atoms. The molecule has 0 saturated carbocycles. The van der Waals surface area contributed by atoms with Crippen molar-refractivity contribution in [1.29, 1.82) is 5.26 Å². The molecule has 6 nitrogen and oxygen atoms in total. The van der Waals surface area contributed by atoms with Gasteiger partial charge in [0.2, 0.25) is 0 Å². The highest BCUT2D eigenvalue weighted by molar-refractivity contribution is 6.38. The summed E-state index contributed by atoms with van der Waals surface area (Å²) in [5.74, 6) is -2.51. The first-order valence-corrected chi connectivity index (χ1v) is 10.0. The molecule has 5 rings (SSSR count). The maximum atomic E-state index is 13.5. The fourth-order valence-corrected chi connectivity index (χ4v) is 4.52. The van der Waals surface area contributed by atoms with Gasteiger partial charge in [-0.3, -0.25) is 9.59 Å². The molecule has 0 spiro atoms. The van der Waals surface area contributed by atoms with E-state index in [0.717, 1.165) is 33.5 Å². The summed E-state index contributed by atoms with van der Waals surface area (Å²) in [4.78, 5) is 27.9. The van der Waals surface area contributed by atoms with Gasteiger partial charge in [-0.25, -0.2) is 0 Å². The van der Waals surface area contributed by atoms with Gasteiger partial charge in [0.05, 0.1) is 12.3 Å². The zero-order valence-electron chi connectivity index (χ0n) is 17.0. The molecule has 150 valence electrons. The van der Waals surface area contributed by atoms with Gasteiger partial charge >= 0.3 is 0 Å². The number of para-hydroxylation sites is 1. The van der Waals surface area contributed by atoms with Gasteiger partial charge in [-0.1, -0.05) is 49.4 Å². The molecule has 2 aromatic rings. The predicted molar refractivity (Wildman–Crippen MR) is 119 cm³/mol. The van der Waals surface area contributed by atoms with Gasteiger partial charge in [0.1, 0.15) is 5.71 Å². The van der Waals surface area contributed by atoms with E-state index in [-0.39, 0.29) is 5.92 Å². The van der Waals surface area contributed by atoms with Crippen molar-refractivity contribution in [2.75, 3.05) is 11.9 Å². The highest BCUT2D eigenvalue weighted by Crippen LogP contribution is 2.47. The summed E-state index contributed by atoms with van der Waals surface area (Å²) in [6, 6.07) is 16.6. The van der Waals surface area contributed by atoms with E-state index in [1.54, 1.807) is 37.5 Å². The minimum absolute atomic E-state index is 0.0684. The average Bonchev–Trinajstić information content (AvgIpc) is 3.39. The van der Waals surface area contributed by atoms with E-state index >= 15 is 0 Å². The molecular formula is C25H18N4O2. The number of nitriles is 1. The van der Waals surface area contributed by atoms with Crippen LogP contribution in [0, 0.1) is 23.2 Å². The van der Waals surface area contributed by atoms with E-state index in [1.807, 2.05) is 43.3 Å². The maximum absolute atomic E-state index is 13.5. The van der Waals surface area contributed by atoms with E-state index < -0.39 is 17.6 Å². The maximum Gasteiger partial charge on any atom is 0.252 e. The van der Waals surface area contributed by atoms with Crippen LogP contribution in [0.3, 0.4) is 0 Å². The lowest BCUT2D eigenvalue weighted by molar-refractivity contribution is -0.127. The van der Waals surface area contributed by atoms with Crippen LogP contribution in [0.15, 0.2) is 70.4 Å². The number of Topliss-reactive ketones (excluding diaryl/α,β-unsaturated/α-hetero) is 1. The molecule has 0 aromatic heterocycles. The number of nitrogens with zero attached hydrogens (tertiary/aromatic N) is 4. The summed E-state index contributed by atoms with van der Waals surface area (Å²) in [5, 5.41) is 18.1. The van der Waals surface area contributed by atoms with E-state index in [4.69, 9.17) is 0 Å². The second-order valence-corrected chi connectivity index (χ2v) is 7.78. The Bertz CT molecular complexity index is 1310. The number of anilines is 1. The molecule has 2 aliphatic carbocycles. The molecule has 1 amide bonds. The number of allylic oxidation sites excluding steroid dienone is 4. The molecule has 0 bridgehead atoms. The molecule has 0 radical (unpaired) electrons. The zero-order valence-corrected chi connectivity index (χ0v) is 17.0. The van der Waals surface area contributed by atoms with Crippen LogP contribution >= 0.6 is 0 Å². The van der Waals surface area contributed by atoms with Crippen molar-refractivity contribution in [3.63, 3.8) is 0 Å². The third-order valence-corrected chi connectivity index (χ3v) is 6.02. The smallest absolute Gasteiger partial charge is 0.252 e. The first-order valence-electron chi connectivity index (χ1n) is 10.0. The summed E-state index contributed by atoms with van der Waals surface area (Å²) in [5.41, 5.74) is 6.56. The van der Waals surface area contributed by atoms with Crippen molar-refractivity contribution in [3.8, 4) is 6.07 Å². The van der Waals surface area contributed by atoms with Gasteiger partial charge in [-0.15, -0.1) is 5.10 Å². The van der Waals surface area contributed by atoms with Gasteiger partial charge in [0.15, 0.2) is 11.7 Å². The highest BCUT2D eigenvalue weighted by Gasteiger charge is 2.40. The summed E-state index contributed by atoms with van der Waals surface area (Å²) < 4.78 is 0. The van der Waals surface area contributed by atoms with Crippen molar-refractivity contribution >= 4 is 40.5 Å². The summed E-state index contributed by atoms with van der Waals surface area (Å²) in [6.07, 6.45) is 3.61. The van der Waals surface area contributed by atoms with Crippen LogP contribution in [0.4, 0.5) is 5.69 Å². The van der Waals surface area contributed by atoms with E-state index in [1.165, 1.54) is 4.90 Å². The third kappa shape index (κ3) is 2.71. The average molecular weight is 406 g/mol. The molecule has 1 heterocycles. The van der Waals surface area contributed by atoms with Crippen molar-refractivity contribution in [3.05, 3.63) is 76.9 Å². The van der Waals surface area contributed by atoms with Crippen molar-refractivity contribution in [2.45, 2.75) is 6.92 Å². The monoisotopic (exact) mass is 406 g/mol. The van der Waals surface area contributed by atoms with Crippen LogP contribution in [0.25, 0.3) is 11.1 Å². The summed E-state index contributed by atoms with van der Waals surface area (Å²) >= 11 is 0. The fraction of sp³-hybridized carbons (Fsp3) is 0.160. The van der Waals surface area contributed by atoms with Crippen LogP contribution in [0.5, 0.6) is 0 Å². The molecule has 1 aliphatic heterocycles. The van der Waals surface area contributed by atoms with E-state index in [2.05, 4.69) is 10.2 Å². The van der Waals surface area contributed by atoms with Crippen LogP contribution < -0.4 is 4.90 Å². The SMILES string of the molecule is CC1C=C(C(=O)C(C#N)C(=O)N(C)c2ccccc2)c2cccc3c2C1=C1C=NN=C13. The number of rotatable bonds is 4. The molecular weight excluding hydrogens is 388 g/mol. The molecule has 0 fully saturated rings. The predicted octanol–water partition coefficient (Wildman–Crippen LogP) is 3.65. The van der Waals surface area contributed by atoms with Gasteiger partial charge in [-0.2, -0.15) is 10.4 Å². The Balaban J connectivity index is 1.55. The van der Waals surface area contributed by atoms with Gasteiger partial charge in [-0.05, 0) is 28.8 Å². The fourth-order valence-electron chi connectivity index (χ4n) is 4.52. The number of carbonyl (C=O) groups is 2. The third-order valence-electron chi connectivity index (χ3n) is 6.02. The number of carbonyl (C=O) groups excluding carboxylic acids is 2. The second kappa shape index (κ2) is 6.99. The Morgan fingerprint density at radius 1 is 1.10 bits per heavy atom. The normalized spacial score (nSPS) is 18.5. The van der Waals surface area contributed by atoms with Crippen molar-refractivity contribution < 1.29 is 9.59 Å². The second-order valence-electron chi connectivity index (χ2n) is 7.78. The minimum Gasteiger partial charge on any atom is -0.314 e. The Morgan fingerprint density at radius 2 is 1.84 bits per heavy atom. The number of hydrogen-bond acceptors (Lipinski definition) is 5. The highest BCUT2D eigenvalue weighted by atomic mass is 16.2. The topological polar surface area (TPSA) is 85.9 Å². The Kier molecular flexibility index (Phi) is 4.26. The lowest BCUT2D eigenvalue weighted by Gasteiger charge is -2.25. The molecule has 2 unspecified atom stereocenters. The van der Waals surface area contributed by atoms with Gasteiger partial charge in [0, 0.05) is 35.4 Å². The minimum atomic E-state index is -1.42. The number of ketones is 1. The van der Waals surface area contributed by atoms with Crippen molar-refractivity contribution in [2.24, 2.45) is 22.0 Å².